The Morgan fingerprint density at radius 2 is 2.00 bits per heavy atom. The van der Waals surface area contributed by atoms with Crippen LogP contribution in [0.3, 0.4) is 0 Å². The van der Waals surface area contributed by atoms with Crippen molar-refractivity contribution >= 4 is 0 Å². The highest BCUT2D eigenvalue weighted by Gasteiger charge is 2.20. The van der Waals surface area contributed by atoms with Gasteiger partial charge in [-0.05, 0) is 51.7 Å². The molecule has 0 saturated carbocycles. The summed E-state index contributed by atoms with van der Waals surface area (Å²) in [7, 11) is 0. The van der Waals surface area contributed by atoms with Crippen molar-refractivity contribution in [3.05, 3.63) is 33.7 Å². The van der Waals surface area contributed by atoms with E-state index >= 15 is 0 Å². The van der Waals surface area contributed by atoms with Gasteiger partial charge in [0.05, 0.1) is 0 Å². The fourth-order valence-electron chi connectivity index (χ4n) is 2.10. The van der Waals surface area contributed by atoms with Crippen LogP contribution >= 0.6 is 0 Å². The lowest BCUT2D eigenvalue weighted by Crippen LogP contribution is -2.35. The van der Waals surface area contributed by atoms with E-state index in [1.165, 1.54) is 5.56 Å². The first-order chi connectivity index (χ1) is 6.50. The summed E-state index contributed by atoms with van der Waals surface area (Å²) in [6, 6.07) is 2.11. The Morgan fingerprint density at radius 1 is 1.29 bits per heavy atom. The van der Waals surface area contributed by atoms with Gasteiger partial charge in [-0.15, -0.1) is 0 Å². The molecular weight excluding hydrogens is 174 g/mol. The normalized spacial score (nSPS) is 15.6. The van der Waals surface area contributed by atoms with E-state index in [0.717, 1.165) is 24.8 Å². The van der Waals surface area contributed by atoms with Gasteiger partial charge in [0.2, 0.25) is 0 Å². The number of nitrogens with zero attached hydrogens (tertiary/aromatic N) is 1. The Balaban J connectivity index is 2.62. The summed E-state index contributed by atoms with van der Waals surface area (Å²) in [6.45, 7) is 6.20. The summed E-state index contributed by atoms with van der Waals surface area (Å²) in [5.41, 5.74) is 2.42. The van der Waals surface area contributed by atoms with Gasteiger partial charge < -0.3 is 4.57 Å². The lowest BCUT2D eigenvalue weighted by atomic mass is 10.1. The predicted octanol–water partition coefficient (Wildman–Crippen LogP) is 2.09. The van der Waals surface area contributed by atoms with Crippen molar-refractivity contribution in [2.75, 3.05) is 0 Å². The van der Waals surface area contributed by atoms with Crippen LogP contribution in [0.1, 0.15) is 38.3 Å². The highest BCUT2D eigenvalue weighted by Crippen LogP contribution is 2.20. The molecule has 1 aromatic rings. The van der Waals surface area contributed by atoms with Crippen molar-refractivity contribution in [2.45, 2.75) is 45.6 Å². The van der Waals surface area contributed by atoms with Gasteiger partial charge in [-0.1, -0.05) is 0 Å². The molecule has 0 aromatic carbocycles. The molecule has 0 aliphatic heterocycles. The zero-order valence-corrected chi connectivity index (χ0v) is 9.13. The van der Waals surface area contributed by atoms with Crippen LogP contribution in [0.15, 0.2) is 17.1 Å². The van der Waals surface area contributed by atoms with Crippen LogP contribution in [0, 0.1) is 0 Å². The van der Waals surface area contributed by atoms with Crippen LogP contribution < -0.4 is 5.56 Å². The maximum atomic E-state index is 12.1. The Kier molecular flexibility index (Phi) is 2.02. The monoisotopic (exact) mass is 191 g/mol. The Hall–Kier alpha value is -1.05. The van der Waals surface area contributed by atoms with E-state index in [4.69, 9.17) is 0 Å². The number of fused-ring (bicyclic) bond motifs is 1. The first kappa shape index (κ1) is 9.50. The van der Waals surface area contributed by atoms with Crippen molar-refractivity contribution in [3.8, 4) is 0 Å². The summed E-state index contributed by atoms with van der Waals surface area (Å²) in [6.07, 6.45) is 5.12. The van der Waals surface area contributed by atoms with Gasteiger partial charge in [0.15, 0.2) is 0 Å². The molecule has 0 radical (unpaired) electrons. The first-order valence-electron chi connectivity index (χ1n) is 5.24. The third kappa shape index (κ3) is 1.39. The summed E-state index contributed by atoms with van der Waals surface area (Å²) in [4.78, 5) is 12.1. The van der Waals surface area contributed by atoms with E-state index in [9.17, 15) is 4.79 Å². The van der Waals surface area contributed by atoms with Crippen LogP contribution in [0.5, 0.6) is 0 Å². The lowest BCUT2D eigenvalue weighted by Gasteiger charge is -2.23. The van der Waals surface area contributed by atoms with Gasteiger partial charge in [0.25, 0.3) is 5.56 Å². The standard InChI is InChI=1S/C12H17NO/c1-12(2,3)13-8-7-9-5-4-6-10(9)11(13)14/h7-8H,4-6H2,1-3H3. The Bertz CT molecular complexity index is 409. The summed E-state index contributed by atoms with van der Waals surface area (Å²) in [5, 5.41) is 0. The molecule has 76 valence electrons. The molecule has 14 heavy (non-hydrogen) atoms. The lowest BCUT2D eigenvalue weighted by molar-refractivity contribution is 0.382. The molecule has 0 bridgehead atoms. The molecule has 0 unspecified atom stereocenters. The van der Waals surface area contributed by atoms with Crippen molar-refractivity contribution in [3.63, 3.8) is 0 Å². The van der Waals surface area contributed by atoms with Gasteiger partial charge in [-0.25, -0.2) is 0 Å². The fourth-order valence-corrected chi connectivity index (χ4v) is 2.10. The van der Waals surface area contributed by atoms with Crippen LogP contribution in [-0.4, -0.2) is 4.57 Å². The van der Waals surface area contributed by atoms with Crippen molar-refractivity contribution in [1.29, 1.82) is 0 Å². The number of aromatic nitrogens is 1. The number of hydrogen-bond donors (Lipinski definition) is 0. The zero-order chi connectivity index (χ0) is 10.3. The summed E-state index contributed by atoms with van der Waals surface area (Å²) < 4.78 is 1.84. The maximum Gasteiger partial charge on any atom is 0.254 e. The molecule has 1 aliphatic carbocycles. The minimum atomic E-state index is -0.102. The minimum Gasteiger partial charge on any atom is -0.310 e. The van der Waals surface area contributed by atoms with Crippen molar-refractivity contribution in [2.24, 2.45) is 0 Å². The average Bonchev–Trinajstić information content (AvgIpc) is 2.50. The predicted molar refractivity (Wildman–Crippen MR) is 57.7 cm³/mol. The van der Waals surface area contributed by atoms with Crippen molar-refractivity contribution in [1.82, 2.24) is 4.57 Å². The average molecular weight is 191 g/mol. The van der Waals surface area contributed by atoms with E-state index < -0.39 is 0 Å². The number of pyridine rings is 1. The van der Waals surface area contributed by atoms with E-state index in [-0.39, 0.29) is 11.1 Å². The first-order valence-corrected chi connectivity index (χ1v) is 5.24. The second-order valence-electron chi connectivity index (χ2n) is 5.02. The van der Waals surface area contributed by atoms with Gasteiger partial charge in [-0.2, -0.15) is 0 Å². The molecule has 2 heteroatoms. The van der Waals surface area contributed by atoms with E-state index in [1.54, 1.807) is 0 Å². The molecule has 1 aliphatic rings. The van der Waals surface area contributed by atoms with Gasteiger partial charge in [0, 0.05) is 17.3 Å². The van der Waals surface area contributed by atoms with Crippen LogP contribution in [0.25, 0.3) is 0 Å². The highest BCUT2D eigenvalue weighted by atomic mass is 16.1. The van der Waals surface area contributed by atoms with Crippen LogP contribution in [-0.2, 0) is 18.4 Å². The summed E-state index contributed by atoms with van der Waals surface area (Å²) >= 11 is 0. The zero-order valence-electron chi connectivity index (χ0n) is 9.13. The molecular formula is C12H17NO. The van der Waals surface area contributed by atoms with Gasteiger partial charge in [0.1, 0.15) is 0 Å². The number of aryl methyl sites for hydroxylation is 1. The molecule has 1 heterocycles. The fraction of sp³-hybridized carbons (Fsp3) is 0.583. The molecule has 2 nitrogen and oxygen atoms in total. The topological polar surface area (TPSA) is 22.0 Å². The maximum absolute atomic E-state index is 12.1. The van der Waals surface area contributed by atoms with Crippen LogP contribution in [0.2, 0.25) is 0 Å². The van der Waals surface area contributed by atoms with Gasteiger partial charge >= 0.3 is 0 Å². The van der Waals surface area contributed by atoms with Crippen molar-refractivity contribution < 1.29 is 0 Å². The second kappa shape index (κ2) is 2.97. The summed E-state index contributed by atoms with van der Waals surface area (Å²) in [5.74, 6) is 0. The second-order valence-corrected chi connectivity index (χ2v) is 5.02. The minimum absolute atomic E-state index is 0.102. The molecule has 0 spiro atoms. The molecule has 0 saturated heterocycles. The van der Waals surface area contributed by atoms with Gasteiger partial charge in [-0.3, -0.25) is 4.79 Å². The molecule has 0 atom stereocenters. The molecule has 2 rings (SSSR count). The Morgan fingerprint density at radius 3 is 2.64 bits per heavy atom. The number of hydrogen-bond acceptors (Lipinski definition) is 1. The molecule has 0 amide bonds. The highest BCUT2D eigenvalue weighted by molar-refractivity contribution is 5.28. The van der Waals surface area contributed by atoms with E-state index in [1.807, 2.05) is 10.8 Å². The Labute approximate surface area is 84.6 Å². The molecule has 0 fully saturated rings. The molecule has 0 N–H and O–H groups in total. The third-order valence-corrected chi connectivity index (χ3v) is 2.88. The third-order valence-electron chi connectivity index (χ3n) is 2.88. The smallest absolute Gasteiger partial charge is 0.254 e. The van der Waals surface area contributed by atoms with E-state index in [0.29, 0.717) is 0 Å². The van der Waals surface area contributed by atoms with Crippen LogP contribution in [0.4, 0.5) is 0 Å². The number of rotatable bonds is 0. The largest absolute Gasteiger partial charge is 0.310 e. The van der Waals surface area contributed by atoms with E-state index in [2.05, 4.69) is 26.8 Å². The molecule has 1 aromatic heterocycles. The SMILES string of the molecule is CC(C)(C)n1ccc2c(c1=O)CCC2. The quantitative estimate of drug-likeness (QED) is 0.615.